The normalized spacial score (nSPS) is 10.6. The average Bonchev–Trinajstić information content (AvgIpc) is 2.07. The fraction of sp³-hybridized carbons (Fsp3) is 0. The van der Waals surface area contributed by atoms with Crippen LogP contribution < -0.4 is 5.56 Å². The molecule has 2 rings (SSSR count). The standard InChI is InChI=1S/C8H4ClIN2O/c9-8-11-6-4(7(13)12-8)2-1-3-5(6)10/h1-3H,(H,11,12,13). The van der Waals surface area contributed by atoms with Crippen molar-refractivity contribution in [3.05, 3.63) is 37.4 Å². The Hall–Kier alpha value is -0.620. The van der Waals surface area contributed by atoms with Gasteiger partial charge in [-0.25, -0.2) is 4.98 Å². The molecule has 66 valence electrons. The van der Waals surface area contributed by atoms with E-state index in [0.29, 0.717) is 10.9 Å². The zero-order valence-corrected chi connectivity index (χ0v) is 9.26. The van der Waals surface area contributed by atoms with Crippen molar-refractivity contribution in [1.82, 2.24) is 9.97 Å². The fourth-order valence-electron chi connectivity index (χ4n) is 1.10. The number of aromatic nitrogens is 2. The van der Waals surface area contributed by atoms with Crippen molar-refractivity contribution in [2.45, 2.75) is 0 Å². The van der Waals surface area contributed by atoms with Crippen molar-refractivity contribution in [3.8, 4) is 0 Å². The number of fused-ring (bicyclic) bond motifs is 1. The van der Waals surface area contributed by atoms with E-state index in [1.54, 1.807) is 6.07 Å². The Bertz CT molecular complexity index is 523. The summed E-state index contributed by atoms with van der Waals surface area (Å²) in [6.07, 6.45) is 0. The molecule has 0 aliphatic rings. The smallest absolute Gasteiger partial charge is 0.259 e. The third kappa shape index (κ3) is 1.55. The lowest BCUT2D eigenvalue weighted by molar-refractivity contribution is 1.17. The summed E-state index contributed by atoms with van der Waals surface area (Å²) in [5.41, 5.74) is 0.449. The van der Waals surface area contributed by atoms with Gasteiger partial charge in [0.15, 0.2) is 0 Å². The Kier molecular flexibility index (Phi) is 2.25. The minimum absolute atomic E-state index is 0.126. The van der Waals surface area contributed by atoms with Gasteiger partial charge in [-0.1, -0.05) is 6.07 Å². The zero-order valence-electron chi connectivity index (χ0n) is 6.34. The molecule has 0 aliphatic carbocycles. The monoisotopic (exact) mass is 306 g/mol. The minimum Gasteiger partial charge on any atom is -0.297 e. The number of aromatic amines is 1. The highest BCUT2D eigenvalue weighted by Gasteiger charge is 2.04. The topological polar surface area (TPSA) is 45.8 Å². The lowest BCUT2D eigenvalue weighted by atomic mass is 10.2. The number of nitrogens with zero attached hydrogens (tertiary/aromatic N) is 1. The molecule has 0 amide bonds. The van der Waals surface area contributed by atoms with Gasteiger partial charge in [0.25, 0.3) is 5.56 Å². The highest BCUT2D eigenvalue weighted by molar-refractivity contribution is 14.1. The summed E-state index contributed by atoms with van der Waals surface area (Å²) in [6, 6.07) is 5.42. The first-order valence-electron chi connectivity index (χ1n) is 3.52. The highest BCUT2D eigenvalue weighted by Crippen LogP contribution is 2.16. The first-order chi connectivity index (χ1) is 6.18. The van der Waals surface area contributed by atoms with E-state index in [1.807, 2.05) is 12.1 Å². The second kappa shape index (κ2) is 3.26. The molecule has 1 aromatic carbocycles. The minimum atomic E-state index is -0.200. The van der Waals surface area contributed by atoms with Crippen molar-refractivity contribution < 1.29 is 0 Å². The van der Waals surface area contributed by atoms with Crippen LogP contribution in [0.4, 0.5) is 0 Å². The molecule has 0 unspecified atom stereocenters. The summed E-state index contributed by atoms with van der Waals surface area (Å²) in [6.45, 7) is 0. The maximum atomic E-state index is 11.4. The van der Waals surface area contributed by atoms with Gasteiger partial charge in [0, 0.05) is 3.57 Å². The summed E-state index contributed by atoms with van der Waals surface area (Å²) < 4.78 is 0.920. The number of hydrogen-bond acceptors (Lipinski definition) is 2. The molecular formula is C8H4ClIN2O. The molecule has 2 aromatic rings. The predicted octanol–water partition coefficient (Wildman–Crippen LogP) is 2.18. The van der Waals surface area contributed by atoms with E-state index in [2.05, 4.69) is 32.6 Å². The first kappa shape index (κ1) is 8.96. The van der Waals surface area contributed by atoms with Crippen LogP contribution in [0.25, 0.3) is 10.9 Å². The molecule has 1 N–H and O–H groups in total. The second-order valence-electron chi connectivity index (χ2n) is 2.49. The predicted molar refractivity (Wildman–Crippen MR) is 60.1 cm³/mol. The van der Waals surface area contributed by atoms with Crippen LogP contribution in [0.5, 0.6) is 0 Å². The Morgan fingerprint density at radius 3 is 3.00 bits per heavy atom. The number of para-hydroxylation sites is 1. The van der Waals surface area contributed by atoms with E-state index < -0.39 is 0 Å². The Morgan fingerprint density at radius 2 is 2.23 bits per heavy atom. The van der Waals surface area contributed by atoms with Gasteiger partial charge in [-0.05, 0) is 46.3 Å². The third-order valence-corrected chi connectivity index (χ3v) is 2.71. The maximum Gasteiger partial charge on any atom is 0.259 e. The average molecular weight is 306 g/mol. The second-order valence-corrected chi connectivity index (χ2v) is 4.01. The molecule has 5 heteroatoms. The Morgan fingerprint density at radius 1 is 1.46 bits per heavy atom. The number of halogens is 2. The van der Waals surface area contributed by atoms with E-state index in [0.717, 1.165) is 3.57 Å². The fourth-order valence-corrected chi connectivity index (χ4v) is 1.89. The van der Waals surface area contributed by atoms with Crippen molar-refractivity contribution in [1.29, 1.82) is 0 Å². The van der Waals surface area contributed by atoms with Gasteiger partial charge in [-0.15, -0.1) is 0 Å². The number of rotatable bonds is 0. The Labute approximate surface area is 92.3 Å². The zero-order chi connectivity index (χ0) is 9.42. The number of benzene rings is 1. The molecule has 13 heavy (non-hydrogen) atoms. The van der Waals surface area contributed by atoms with Crippen molar-refractivity contribution in [3.63, 3.8) is 0 Å². The summed E-state index contributed by atoms with van der Waals surface area (Å²) >= 11 is 7.74. The van der Waals surface area contributed by atoms with Crippen LogP contribution in [0.1, 0.15) is 0 Å². The number of nitrogens with one attached hydrogen (secondary N) is 1. The molecule has 3 nitrogen and oxygen atoms in total. The molecule has 0 fully saturated rings. The van der Waals surface area contributed by atoms with E-state index >= 15 is 0 Å². The largest absolute Gasteiger partial charge is 0.297 e. The van der Waals surface area contributed by atoms with Gasteiger partial charge in [-0.2, -0.15) is 0 Å². The molecule has 1 aromatic heterocycles. The quantitative estimate of drug-likeness (QED) is 0.599. The van der Waals surface area contributed by atoms with Crippen LogP contribution in [-0.2, 0) is 0 Å². The van der Waals surface area contributed by atoms with Gasteiger partial charge in [0.2, 0.25) is 5.28 Å². The molecule has 0 spiro atoms. The van der Waals surface area contributed by atoms with Crippen LogP contribution in [0, 0.1) is 3.57 Å². The van der Waals surface area contributed by atoms with E-state index in [1.165, 1.54) is 0 Å². The van der Waals surface area contributed by atoms with E-state index in [-0.39, 0.29) is 10.8 Å². The first-order valence-corrected chi connectivity index (χ1v) is 4.98. The lowest BCUT2D eigenvalue weighted by Crippen LogP contribution is -2.08. The lowest BCUT2D eigenvalue weighted by Gasteiger charge is -1.98. The van der Waals surface area contributed by atoms with Crippen LogP contribution in [-0.4, -0.2) is 9.97 Å². The van der Waals surface area contributed by atoms with Gasteiger partial charge in [0.1, 0.15) is 0 Å². The van der Waals surface area contributed by atoms with Gasteiger partial charge < -0.3 is 0 Å². The van der Waals surface area contributed by atoms with Crippen LogP contribution in [0.3, 0.4) is 0 Å². The molecule has 0 saturated heterocycles. The van der Waals surface area contributed by atoms with Crippen LogP contribution in [0.2, 0.25) is 5.28 Å². The van der Waals surface area contributed by atoms with Crippen molar-refractivity contribution in [2.75, 3.05) is 0 Å². The maximum absolute atomic E-state index is 11.4. The molecule has 0 aliphatic heterocycles. The van der Waals surface area contributed by atoms with E-state index in [4.69, 9.17) is 11.6 Å². The van der Waals surface area contributed by atoms with Crippen molar-refractivity contribution >= 4 is 45.1 Å². The van der Waals surface area contributed by atoms with E-state index in [9.17, 15) is 4.79 Å². The molecule has 0 atom stereocenters. The van der Waals surface area contributed by atoms with Crippen LogP contribution >= 0.6 is 34.2 Å². The molecule has 0 radical (unpaired) electrons. The molecule has 1 heterocycles. The van der Waals surface area contributed by atoms with Gasteiger partial charge in [-0.3, -0.25) is 9.78 Å². The highest BCUT2D eigenvalue weighted by atomic mass is 127. The van der Waals surface area contributed by atoms with Crippen molar-refractivity contribution in [2.24, 2.45) is 0 Å². The summed E-state index contributed by atoms with van der Waals surface area (Å²) in [4.78, 5) is 17.8. The third-order valence-electron chi connectivity index (χ3n) is 1.66. The number of hydrogen-bond donors (Lipinski definition) is 1. The number of H-pyrrole nitrogens is 1. The summed E-state index contributed by atoms with van der Waals surface area (Å²) in [7, 11) is 0. The molecule has 0 bridgehead atoms. The molecule has 0 saturated carbocycles. The van der Waals surface area contributed by atoms with Crippen LogP contribution in [0.15, 0.2) is 23.0 Å². The Balaban J connectivity index is 3.03. The SMILES string of the molecule is O=c1[nH]c(Cl)nc2c(I)cccc12. The summed E-state index contributed by atoms with van der Waals surface area (Å²) in [5.74, 6) is 0. The summed E-state index contributed by atoms with van der Waals surface area (Å²) in [5, 5.41) is 0.693. The van der Waals surface area contributed by atoms with Gasteiger partial charge >= 0.3 is 0 Å². The van der Waals surface area contributed by atoms with Gasteiger partial charge in [0.05, 0.1) is 10.9 Å². The molecular weight excluding hydrogens is 302 g/mol.